The lowest BCUT2D eigenvalue weighted by molar-refractivity contribution is 0.330. The third kappa shape index (κ3) is 4.23. The first-order valence-corrected chi connectivity index (χ1v) is 8.13. The molecule has 0 bridgehead atoms. The molecule has 0 amide bonds. The Morgan fingerprint density at radius 3 is 2.65 bits per heavy atom. The van der Waals surface area contributed by atoms with Crippen molar-refractivity contribution in [2.24, 2.45) is 5.92 Å². The van der Waals surface area contributed by atoms with Crippen LogP contribution in [0.5, 0.6) is 0 Å². The van der Waals surface area contributed by atoms with Crippen molar-refractivity contribution in [2.75, 3.05) is 17.2 Å². The Morgan fingerprint density at radius 2 is 2.00 bits per heavy atom. The molecular weight excluding hydrogens is 272 g/mol. The van der Waals surface area contributed by atoms with Crippen LogP contribution in [-0.2, 0) is 0 Å². The molecule has 4 nitrogen and oxygen atoms in total. The summed E-state index contributed by atoms with van der Waals surface area (Å²) in [6, 6.07) is 0.490. The molecular formula is C15H25ClN4. The molecule has 0 aliphatic heterocycles. The fraction of sp³-hybridized carbons (Fsp3) is 0.733. The van der Waals surface area contributed by atoms with E-state index in [1.165, 1.54) is 32.1 Å². The summed E-state index contributed by atoms with van der Waals surface area (Å²) in [5.41, 5.74) is 0. The van der Waals surface area contributed by atoms with Crippen LogP contribution >= 0.6 is 11.6 Å². The van der Waals surface area contributed by atoms with E-state index in [0.717, 1.165) is 24.7 Å². The summed E-state index contributed by atoms with van der Waals surface area (Å²) in [6.45, 7) is 5.28. The average Bonchev–Trinajstić information content (AvgIpc) is 2.49. The molecule has 20 heavy (non-hydrogen) atoms. The van der Waals surface area contributed by atoms with E-state index in [1.54, 1.807) is 6.20 Å². The van der Waals surface area contributed by atoms with Crippen LogP contribution < -0.4 is 10.6 Å². The summed E-state index contributed by atoms with van der Waals surface area (Å²) in [4.78, 5) is 8.68. The lowest BCUT2D eigenvalue weighted by Crippen LogP contribution is -2.26. The van der Waals surface area contributed by atoms with Gasteiger partial charge in [-0.25, -0.2) is 4.98 Å². The van der Waals surface area contributed by atoms with Crippen molar-refractivity contribution in [2.45, 2.75) is 58.4 Å². The quantitative estimate of drug-likeness (QED) is 0.820. The fourth-order valence-corrected chi connectivity index (χ4v) is 2.84. The Morgan fingerprint density at radius 1 is 1.25 bits per heavy atom. The van der Waals surface area contributed by atoms with Crippen molar-refractivity contribution in [1.82, 2.24) is 9.97 Å². The van der Waals surface area contributed by atoms with E-state index < -0.39 is 0 Å². The zero-order valence-corrected chi connectivity index (χ0v) is 13.2. The topological polar surface area (TPSA) is 49.8 Å². The van der Waals surface area contributed by atoms with Gasteiger partial charge in [-0.05, 0) is 38.0 Å². The number of rotatable bonds is 6. The van der Waals surface area contributed by atoms with Crippen molar-refractivity contribution < 1.29 is 0 Å². The smallest absolute Gasteiger partial charge is 0.224 e. The van der Waals surface area contributed by atoms with Crippen LogP contribution in [0.1, 0.15) is 52.4 Å². The van der Waals surface area contributed by atoms with E-state index in [9.17, 15) is 0 Å². The molecule has 112 valence electrons. The number of hydrogen-bond donors (Lipinski definition) is 2. The van der Waals surface area contributed by atoms with Gasteiger partial charge in [-0.2, -0.15) is 4.98 Å². The Bertz CT molecular complexity index is 416. The molecule has 1 aliphatic carbocycles. The van der Waals surface area contributed by atoms with Crippen LogP contribution in [0.2, 0.25) is 5.02 Å². The molecule has 0 atom stereocenters. The van der Waals surface area contributed by atoms with Gasteiger partial charge in [-0.15, -0.1) is 0 Å². The van der Waals surface area contributed by atoms with Crippen LogP contribution in [0.3, 0.4) is 0 Å². The first-order chi connectivity index (χ1) is 9.72. The first-order valence-electron chi connectivity index (χ1n) is 7.75. The molecule has 1 aliphatic rings. The minimum atomic E-state index is 0.490. The zero-order valence-electron chi connectivity index (χ0n) is 12.5. The van der Waals surface area contributed by atoms with E-state index in [4.69, 9.17) is 11.6 Å². The van der Waals surface area contributed by atoms with Gasteiger partial charge >= 0.3 is 0 Å². The van der Waals surface area contributed by atoms with Crippen molar-refractivity contribution in [3.8, 4) is 0 Å². The molecule has 2 N–H and O–H groups in total. The van der Waals surface area contributed by atoms with Gasteiger partial charge in [0.15, 0.2) is 5.82 Å². The highest BCUT2D eigenvalue weighted by molar-refractivity contribution is 6.32. The summed E-state index contributed by atoms with van der Waals surface area (Å²) in [5.74, 6) is 2.32. The summed E-state index contributed by atoms with van der Waals surface area (Å²) in [5, 5.41) is 7.28. The minimum Gasteiger partial charge on any atom is -0.366 e. The minimum absolute atomic E-state index is 0.490. The van der Waals surface area contributed by atoms with E-state index in [2.05, 4.69) is 34.4 Å². The van der Waals surface area contributed by atoms with E-state index >= 15 is 0 Å². The Kier molecular flexibility index (Phi) is 5.89. The highest BCUT2D eigenvalue weighted by Gasteiger charge is 2.21. The number of anilines is 2. The normalized spacial score (nSPS) is 22.6. The number of halogens is 1. The lowest BCUT2D eigenvalue weighted by atomic mass is 9.84. The van der Waals surface area contributed by atoms with Gasteiger partial charge < -0.3 is 10.6 Å². The highest BCUT2D eigenvalue weighted by Crippen LogP contribution is 2.29. The van der Waals surface area contributed by atoms with E-state index in [-0.39, 0.29) is 0 Å². The number of nitrogens with one attached hydrogen (secondary N) is 2. The number of aromatic nitrogens is 2. The second kappa shape index (κ2) is 7.67. The van der Waals surface area contributed by atoms with Gasteiger partial charge in [0.1, 0.15) is 5.02 Å². The fourth-order valence-electron chi connectivity index (χ4n) is 2.70. The SMILES string of the molecule is CCCNc1ncc(Cl)c(NC2CCC(CC)CC2)n1. The highest BCUT2D eigenvalue weighted by atomic mass is 35.5. The maximum Gasteiger partial charge on any atom is 0.224 e. The van der Waals surface area contributed by atoms with Gasteiger partial charge in [0.25, 0.3) is 0 Å². The van der Waals surface area contributed by atoms with Crippen molar-refractivity contribution >= 4 is 23.4 Å². The average molecular weight is 297 g/mol. The summed E-state index contributed by atoms with van der Waals surface area (Å²) in [6.07, 6.45) is 9.04. The zero-order chi connectivity index (χ0) is 14.4. The van der Waals surface area contributed by atoms with Crippen molar-refractivity contribution in [3.05, 3.63) is 11.2 Å². The van der Waals surface area contributed by atoms with E-state index in [0.29, 0.717) is 17.0 Å². The van der Waals surface area contributed by atoms with Gasteiger partial charge in [0, 0.05) is 12.6 Å². The molecule has 0 radical (unpaired) electrons. The second-order valence-electron chi connectivity index (χ2n) is 5.59. The van der Waals surface area contributed by atoms with Gasteiger partial charge in [0.05, 0.1) is 6.20 Å². The molecule has 1 heterocycles. The monoisotopic (exact) mass is 296 g/mol. The molecule has 0 spiro atoms. The third-order valence-corrected chi connectivity index (χ3v) is 4.32. The van der Waals surface area contributed by atoms with Crippen LogP contribution in [0, 0.1) is 5.92 Å². The predicted molar refractivity (Wildman–Crippen MR) is 85.5 cm³/mol. The summed E-state index contributed by atoms with van der Waals surface area (Å²) in [7, 11) is 0. The van der Waals surface area contributed by atoms with Crippen LogP contribution in [0.25, 0.3) is 0 Å². The van der Waals surface area contributed by atoms with Crippen molar-refractivity contribution in [1.29, 1.82) is 0 Å². The molecule has 0 unspecified atom stereocenters. The predicted octanol–water partition coefficient (Wildman–Crippen LogP) is 4.33. The maximum absolute atomic E-state index is 6.19. The molecule has 0 aromatic carbocycles. The Balaban J connectivity index is 1.94. The summed E-state index contributed by atoms with van der Waals surface area (Å²) >= 11 is 6.19. The van der Waals surface area contributed by atoms with Gasteiger partial charge in [0.2, 0.25) is 5.95 Å². The lowest BCUT2D eigenvalue weighted by Gasteiger charge is -2.29. The Hall–Kier alpha value is -1.03. The van der Waals surface area contributed by atoms with Crippen LogP contribution in [0.4, 0.5) is 11.8 Å². The standard InChI is InChI=1S/C15H25ClN4/c1-3-9-17-15-18-10-13(16)14(20-15)19-12-7-5-11(4-2)6-8-12/h10-12H,3-9H2,1-2H3,(H2,17,18,19,20). The molecule has 5 heteroatoms. The molecule has 1 aromatic heterocycles. The van der Waals surface area contributed by atoms with Crippen molar-refractivity contribution in [3.63, 3.8) is 0 Å². The van der Waals surface area contributed by atoms with Crippen LogP contribution in [0.15, 0.2) is 6.20 Å². The molecule has 2 rings (SSSR count). The molecule has 0 saturated heterocycles. The second-order valence-corrected chi connectivity index (χ2v) is 5.99. The van der Waals surface area contributed by atoms with Gasteiger partial charge in [-0.3, -0.25) is 0 Å². The first kappa shape index (κ1) is 15.4. The number of nitrogens with zero attached hydrogens (tertiary/aromatic N) is 2. The molecule has 1 aromatic rings. The Labute approximate surface area is 126 Å². The van der Waals surface area contributed by atoms with Crippen LogP contribution in [-0.4, -0.2) is 22.6 Å². The molecule has 1 saturated carbocycles. The molecule has 1 fully saturated rings. The summed E-state index contributed by atoms with van der Waals surface area (Å²) < 4.78 is 0. The van der Waals surface area contributed by atoms with Gasteiger partial charge in [-0.1, -0.05) is 31.9 Å². The largest absolute Gasteiger partial charge is 0.366 e. The maximum atomic E-state index is 6.19. The number of hydrogen-bond acceptors (Lipinski definition) is 4. The third-order valence-electron chi connectivity index (χ3n) is 4.04. The van der Waals surface area contributed by atoms with E-state index in [1.807, 2.05) is 0 Å².